The summed E-state index contributed by atoms with van der Waals surface area (Å²) in [7, 11) is 0. The third-order valence-corrected chi connectivity index (χ3v) is 3.94. The number of hydrogen-bond acceptors (Lipinski definition) is 1. The second kappa shape index (κ2) is 12.0. The van der Waals surface area contributed by atoms with E-state index in [-0.39, 0.29) is 6.42 Å². The first-order valence-corrected chi connectivity index (χ1v) is 8.63. The zero-order valence-electron chi connectivity index (χ0n) is 13.8. The lowest BCUT2D eigenvalue weighted by atomic mass is 9.98. The van der Waals surface area contributed by atoms with Crippen LogP contribution < -0.4 is 0 Å². The Labute approximate surface area is 135 Å². The van der Waals surface area contributed by atoms with Gasteiger partial charge in [0.1, 0.15) is 0 Å². The van der Waals surface area contributed by atoms with Gasteiger partial charge in [0.2, 0.25) is 0 Å². The fourth-order valence-electron chi connectivity index (χ4n) is 2.60. The molecule has 0 aromatic heterocycles. The molecule has 0 aromatic carbocycles. The van der Waals surface area contributed by atoms with Gasteiger partial charge < -0.3 is 5.11 Å². The average Bonchev–Trinajstić information content (AvgIpc) is 2.93. The highest BCUT2D eigenvalue weighted by molar-refractivity contribution is 5.66. The van der Waals surface area contributed by atoms with E-state index >= 15 is 0 Å². The number of allylic oxidation sites excluding steroid dienone is 8. The summed E-state index contributed by atoms with van der Waals surface area (Å²) in [6.07, 6.45) is 24.6. The van der Waals surface area contributed by atoms with Gasteiger partial charge in [-0.3, -0.25) is 4.79 Å². The Morgan fingerprint density at radius 1 is 1.23 bits per heavy atom. The van der Waals surface area contributed by atoms with Crippen LogP contribution in [0.3, 0.4) is 0 Å². The van der Waals surface area contributed by atoms with Crippen LogP contribution in [0, 0.1) is 5.92 Å². The molecule has 1 rings (SSSR count). The van der Waals surface area contributed by atoms with Gasteiger partial charge in [0, 0.05) is 12.3 Å². The highest BCUT2D eigenvalue weighted by atomic mass is 16.4. The molecule has 1 aliphatic carbocycles. The zero-order valence-corrected chi connectivity index (χ0v) is 13.8. The molecule has 22 heavy (non-hydrogen) atoms. The molecule has 0 aromatic rings. The van der Waals surface area contributed by atoms with Crippen molar-refractivity contribution in [3.63, 3.8) is 0 Å². The second-order valence-corrected chi connectivity index (χ2v) is 5.90. The van der Waals surface area contributed by atoms with Gasteiger partial charge in [-0.05, 0) is 38.5 Å². The van der Waals surface area contributed by atoms with E-state index in [1.807, 2.05) is 0 Å². The third-order valence-electron chi connectivity index (χ3n) is 3.94. The maximum atomic E-state index is 10.4. The van der Waals surface area contributed by atoms with Crippen LogP contribution >= 0.6 is 0 Å². The van der Waals surface area contributed by atoms with E-state index in [0.717, 1.165) is 25.7 Å². The minimum Gasteiger partial charge on any atom is -0.481 e. The van der Waals surface area contributed by atoms with E-state index in [1.165, 1.54) is 31.3 Å². The third kappa shape index (κ3) is 8.66. The Balaban J connectivity index is 2.25. The van der Waals surface area contributed by atoms with Gasteiger partial charge in [0.25, 0.3) is 0 Å². The van der Waals surface area contributed by atoms with Crippen molar-refractivity contribution in [3.8, 4) is 0 Å². The SMILES string of the molecule is CCCCC/C=C/C=C1/CC=C[C@@H]1C/C=C/CCCC(=O)O. The van der Waals surface area contributed by atoms with Crippen molar-refractivity contribution in [3.05, 3.63) is 48.1 Å². The van der Waals surface area contributed by atoms with E-state index < -0.39 is 5.97 Å². The van der Waals surface area contributed by atoms with Crippen molar-refractivity contribution in [1.29, 1.82) is 0 Å². The first kappa shape index (κ1) is 18.5. The van der Waals surface area contributed by atoms with Crippen molar-refractivity contribution in [2.24, 2.45) is 5.92 Å². The van der Waals surface area contributed by atoms with E-state index in [0.29, 0.717) is 5.92 Å². The maximum Gasteiger partial charge on any atom is 0.303 e. The highest BCUT2D eigenvalue weighted by Gasteiger charge is 2.12. The Bertz CT molecular complexity index is 427. The first-order chi connectivity index (χ1) is 10.7. The molecule has 1 N–H and O–H groups in total. The van der Waals surface area contributed by atoms with Crippen LogP contribution in [0.4, 0.5) is 0 Å². The minimum atomic E-state index is -0.705. The summed E-state index contributed by atoms with van der Waals surface area (Å²) in [5, 5.41) is 8.58. The molecule has 0 radical (unpaired) electrons. The fourth-order valence-corrected chi connectivity index (χ4v) is 2.60. The van der Waals surface area contributed by atoms with Crippen LogP contribution in [0.15, 0.2) is 48.1 Å². The molecule has 1 atom stereocenters. The number of rotatable bonds is 11. The molecular weight excluding hydrogens is 272 g/mol. The summed E-state index contributed by atoms with van der Waals surface area (Å²) in [5.41, 5.74) is 1.49. The van der Waals surface area contributed by atoms with Crippen LogP contribution in [0.5, 0.6) is 0 Å². The molecule has 0 bridgehead atoms. The van der Waals surface area contributed by atoms with Crippen molar-refractivity contribution in [2.75, 3.05) is 0 Å². The van der Waals surface area contributed by atoms with Crippen LogP contribution in [-0.2, 0) is 4.79 Å². The first-order valence-electron chi connectivity index (χ1n) is 8.63. The number of carbonyl (C=O) groups is 1. The molecular formula is C20H30O2. The van der Waals surface area contributed by atoms with Gasteiger partial charge in [-0.1, -0.05) is 67.9 Å². The number of carboxylic acids is 1. The zero-order chi connectivity index (χ0) is 16.0. The quantitative estimate of drug-likeness (QED) is 0.385. The number of carboxylic acid groups (broad SMARTS) is 1. The Kier molecular flexibility index (Phi) is 10.1. The topological polar surface area (TPSA) is 37.3 Å². The molecule has 0 aliphatic heterocycles. The number of unbranched alkanes of at least 4 members (excludes halogenated alkanes) is 4. The second-order valence-electron chi connectivity index (χ2n) is 5.90. The predicted octanol–water partition coefficient (Wildman–Crippen LogP) is 5.83. The molecule has 2 nitrogen and oxygen atoms in total. The fraction of sp³-hybridized carbons (Fsp3) is 0.550. The smallest absolute Gasteiger partial charge is 0.303 e. The molecule has 0 saturated carbocycles. The molecule has 0 saturated heterocycles. The van der Waals surface area contributed by atoms with Gasteiger partial charge >= 0.3 is 5.97 Å². The summed E-state index contributed by atoms with van der Waals surface area (Å²) < 4.78 is 0. The number of hydrogen-bond donors (Lipinski definition) is 1. The van der Waals surface area contributed by atoms with Gasteiger partial charge in [0.15, 0.2) is 0 Å². The Hall–Kier alpha value is -1.57. The predicted molar refractivity (Wildman–Crippen MR) is 93.9 cm³/mol. The highest BCUT2D eigenvalue weighted by Crippen LogP contribution is 2.27. The van der Waals surface area contributed by atoms with Crippen LogP contribution in [0.1, 0.15) is 64.7 Å². The Morgan fingerprint density at radius 2 is 2.05 bits per heavy atom. The summed E-state index contributed by atoms with van der Waals surface area (Å²) in [4.78, 5) is 10.4. The van der Waals surface area contributed by atoms with Crippen LogP contribution in [0.2, 0.25) is 0 Å². The average molecular weight is 302 g/mol. The van der Waals surface area contributed by atoms with Crippen LogP contribution in [-0.4, -0.2) is 11.1 Å². The lowest BCUT2D eigenvalue weighted by Crippen LogP contribution is -1.94. The molecule has 0 amide bonds. The molecule has 0 spiro atoms. The molecule has 2 heteroatoms. The van der Waals surface area contributed by atoms with Crippen molar-refractivity contribution in [2.45, 2.75) is 64.7 Å². The van der Waals surface area contributed by atoms with E-state index in [9.17, 15) is 4.79 Å². The van der Waals surface area contributed by atoms with E-state index in [2.05, 4.69) is 49.5 Å². The van der Waals surface area contributed by atoms with Crippen molar-refractivity contribution in [1.82, 2.24) is 0 Å². The summed E-state index contributed by atoms with van der Waals surface area (Å²) in [6.45, 7) is 2.23. The van der Waals surface area contributed by atoms with Gasteiger partial charge in [-0.2, -0.15) is 0 Å². The molecule has 1 aliphatic rings. The lowest BCUT2D eigenvalue weighted by molar-refractivity contribution is -0.137. The number of aliphatic carboxylic acids is 1. The van der Waals surface area contributed by atoms with E-state index in [1.54, 1.807) is 0 Å². The van der Waals surface area contributed by atoms with Crippen LogP contribution in [0.25, 0.3) is 0 Å². The molecule has 0 unspecified atom stereocenters. The molecule has 0 fully saturated rings. The lowest BCUT2D eigenvalue weighted by Gasteiger charge is -2.07. The van der Waals surface area contributed by atoms with Crippen molar-refractivity contribution < 1.29 is 9.90 Å². The normalized spacial score (nSPS) is 19.9. The van der Waals surface area contributed by atoms with Crippen molar-refractivity contribution >= 4 is 5.97 Å². The summed E-state index contributed by atoms with van der Waals surface area (Å²) in [6, 6.07) is 0. The van der Waals surface area contributed by atoms with Gasteiger partial charge in [0.05, 0.1) is 0 Å². The Morgan fingerprint density at radius 3 is 2.82 bits per heavy atom. The van der Waals surface area contributed by atoms with Gasteiger partial charge in [-0.25, -0.2) is 0 Å². The largest absolute Gasteiger partial charge is 0.481 e. The standard InChI is InChI=1S/C20H30O2/c1-2-3-4-5-6-9-13-18-15-12-16-19(18)14-10-7-8-11-17-20(21)22/h6-7,9-10,12-13,16,19H,2-5,8,11,14-15,17H2,1H3,(H,21,22)/b9-6+,10-7+,18-13-/t19-/m0/s1. The monoisotopic (exact) mass is 302 g/mol. The molecule has 0 heterocycles. The molecule has 122 valence electrons. The maximum absolute atomic E-state index is 10.4. The summed E-state index contributed by atoms with van der Waals surface area (Å²) >= 11 is 0. The minimum absolute atomic E-state index is 0.266. The van der Waals surface area contributed by atoms with Gasteiger partial charge in [-0.15, -0.1) is 0 Å². The summed E-state index contributed by atoms with van der Waals surface area (Å²) in [5.74, 6) is -0.181. The van der Waals surface area contributed by atoms with E-state index in [4.69, 9.17) is 5.11 Å².